The van der Waals surface area contributed by atoms with Crippen molar-refractivity contribution >= 4 is 0 Å². The Morgan fingerprint density at radius 2 is 2.00 bits per heavy atom. The van der Waals surface area contributed by atoms with Crippen molar-refractivity contribution in [3.8, 4) is 0 Å². The van der Waals surface area contributed by atoms with Gasteiger partial charge < -0.3 is 24.8 Å². The van der Waals surface area contributed by atoms with Gasteiger partial charge in [0.2, 0.25) is 0 Å². The summed E-state index contributed by atoms with van der Waals surface area (Å²) < 4.78 is 10.7. The Kier molecular flexibility index (Phi) is 3.35. The highest BCUT2D eigenvalue weighted by Crippen LogP contribution is 2.59. The molecular weight excluding hydrogens is 260 g/mol. The molecule has 2 bridgehead atoms. The summed E-state index contributed by atoms with van der Waals surface area (Å²) in [6.07, 6.45) is -1.41. The van der Waals surface area contributed by atoms with E-state index < -0.39 is 29.5 Å². The Bertz CT molecular complexity index is 478. The van der Waals surface area contributed by atoms with E-state index in [0.29, 0.717) is 6.61 Å². The lowest BCUT2D eigenvalue weighted by atomic mass is 9.51. The van der Waals surface area contributed by atoms with Gasteiger partial charge in [-0.05, 0) is 12.0 Å². The van der Waals surface area contributed by atoms with Crippen LogP contribution >= 0.6 is 0 Å². The summed E-state index contributed by atoms with van der Waals surface area (Å²) in [4.78, 5) is 0. The van der Waals surface area contributed by atoms with Crippen LogP contribution in [-0.4, -0.2) is 52.1 Å². The smallest absolute Gasteiger partial charge is 0.187 e. The van der Waals surface area contributed by atoms with Crippen LogP contribution < -0.4 is 0 Å². The molecule has 1 heterocycles. The van der Waals surface area contributed by atoms with Crippen LogP contribution in [0.5, 0.6) is 0 Å². The van der Waals surface area contributed by atoms with Gasteiger partial charge in [0.25, 0.3) is 0 Å². The fourth-order valence-electron chi connectivity index (χ4n) is 3.50. The molecule has 5 heteroatoms. The lowest BCUT2D eigenvalue weighted by Gasteiger charge is -2.66. The monoisotopic (exact) mass is 280 g/mol. The van der Waals surface area contributed by atoms with Gasteiger partial charge in [0.15, 0.2) is 11.9 Å². The van der Waals surface area contributed by atoms with E-state index in [2.05, 4.69) is 0 Å². The molecule has 2 fully saturated rings. The van der Waals surface area contributed by atoms with Crippen molar-refractivity contribution in [2.24, 2.45) is 0 Å². The third-order valence-electron chi connectivity index (χ3n) is 4.33. The summed E-state index contributed by atoms with van der Waals surface area (Å²) in [5.41, 5.74) is -2.13. The largest absolute Gasteiger partial charge is 0.384 e. The second-order valence-electron chi connectivity index (χ2n) is 5.64. The van der Waals surface area contributed by atoms with E-state index in [1.807, 2.05) is 37.3 Å². The van der Waals surface area contributed by atoms with E-state index in [1.165, 1.54) is 0 Å². The molecular formula is C15H20O5. The number of aliphatic hydroxyl groups is 3. The van der Waals surface area contributed by atoms with Crippen LogP contribution in [-0.2, 0) is 9.47 Å². The molecule has 1 aliphatic heterocycles. The van der Waals surface area contributed by atoms with E-state index in [4.69, 9.17) is 9.47 Å². The second-order valence-corrected chi connectivity index (χ2v) is 5.64. The Labute approximate surface area is 117 Å². The van der Waals surface area contributed by atoms with Crippen molar-refractivity contribution in [1.82, 2.24) is 0 Å². The molecule has 1 aliphatic carbocycles. The molecule has 3 rings (SSSR count). The van der Waals surface area contributed by atoms with Crippen LogP contribution in [0.1, 0.15) is 24.8 Å². The summed E-state index contributed by atoms with van der Waals surface area (Å²) in [6.45, 7) is 2.32. The van der Waals surface area contributed by atoms with Gasteiger partial charge in [0.1, 0.15) is 11.7 Å². The molecule has 3 N–H and O–H groups in total. The summed E-state index contributed by atoms with van der Waals surface area (Å²) in [6, 6.07) is 9.20. The highest BCUT2D eigenvalue weighted by atomic mass is 16.6. The quantitative estimate of drug-likeness (QED) is 0.743. The zero-order chi connectivity index (χ0) is 14.4. The predicted octanol–water partition coefficient (Wildman–Crippen LogP) is 0.390. The minimum Gasteiger partial charge on any atom is -0.384 e. The summed E-state index contributed by atoms with van der Waals surface area (Å²) in [5, 5.41) is 31.6. The van der Waals surface area contributed by atoms with Gasteiger partial charge in [0.05, 0.1) is 12.5 Å². The number of ether oxygens (including phenoxy) is 2. The molecule has 0 aromatic heterocycles. The standard InChI is InChI=1S/C15H20O5/c1-2-8-19-12-14(17)9-20-13(16)15(12,18)11(14)10-6-4-3-5-7-10/h3-7,11-13,16-18H,2,8-9H2,1H3/t11?,12-,13?,14-,15+/m0/s1. The Morgan fingerprint density at radius 3 is 2.65 bits per heavy atom. The fourth-order valence-corrected chi connectivity index (χ4v) is 3.50. The van der Waals surface area contributed by atoms with Gasteiger partial charge in [-0.2, -0.15) is 0 Å². The SMILES string of the molecule is CCCO[C@@H]1[C@@]2(O)C(O)OC[C@]1(O)C2c1ccccc1. The minimum absolute atomic E-state index is 0.0512. The molecule has 110 valence electrons. The highest BCUT2D eigenvalue weighted by molar-refractivity contribution is 5.39. The van der Waals surface area contributed by atoms with Gasteiger partial charge in [-0.3, -0.25) is 0 Å². The van der Waals surface area contributed by atoms with Gasteiger partial charge in [-0.1, -0.05) is 37.3 Å². The lowest BCUT2D eigenvalue weighted by molar-refractivity contribution is -0.419. The number of aliphatic hydroxyl groups excluding tert-OH is 1. The molecule has 0 amide bonds. The van der Waals surface area contributed by atoms with E-state index in [9.17, 15) is 15.3 Å². The predicted molar refractivity (Wildman–Crippen MR) is 71.1 cm³/mol. The summed E-state index contributed by atoms with van der Waals surface area (Å²) >= 11 is 0. The second kappa shape index (κ2) is 4.79. The number of hydrogen-bond acceptors (Lipinski definition) is 5. The number of rotatable bonds is 4. The molecule has 1 saturated carbocycles. The van der Waals surface area contributed by atoms with E-state index in [0.717, 1.165) is 12.0 Å². The zero-order valence-corrected chi connectivity index (χ0v) is 11.4. The third-order valence-corrected chi connectivity index (χ3v) is 4.33. The topological polar surface area (TPSA) is 79.2 Å². The Morgan fingerprint density at radius 1 is 1.30 bits per heavy atom. The minimum atomic E-state index is -1.61. The van der Waals surface area contributed by atoms with Crippen molar-refractivity contribution in [3.63, 3.8) is 0 Å². The molecule has 2 unspecified atom stereocenters. The van der Waals surface area contributed by atoms with Crippen LogP contribution in [0.25, 0.3) is 0 Å². The van der Waals surface area contributed by atoms with Gasteiger partial charge in [0, 0.05) is 6.61 Å². The molecule has 1 saturated heterocycles. The van der Waals surface area contributed by atoms with E-state index >= 15 is 0 Å². The maximum absolute atomic E-state index is 10.8. The fraction of sp³-hybridized carbons (Fsp3) is 0.600. The molecule has 0 radical (unpaired) electrons. The first-order valence-electron chi connectivity index (χ1n) is 6.96. The zero-order valence-electron chi connectivity index (χ0n) is 11.4. The maximum atomic E-state index is 10.8. The third kappa shape index (κ3) is 1.68. The van der Waals surface area contributed by atoms with Gasteiger partial charge in [-0.15, -0.1) is 0 Å². The van der Waals surface area contributed by atoms with Crippen LogP contribution in [0.4, 0.5) is 0 Å². The van der Waals surface area contributed by atoms with E-state index in [-0.39, 0.29) is 6.61 Å². The lowest BCUT2D eigenvalue weighted by Crippen LogP contribution is -2.85. The maximum Gasteiger partial charge on any atom is 0.187 e. The first kappa shape index (κ1) is 14.0. The number of benzene rings is 1. The van der Waals surface area contributed by atoms with Crippen molar-refractivity contribution in [3.05, 3.63) is 35.9 Å². The highest BCUT2D eigenvalue weighted by Gasteiger charge is 2.78. The molecule has 1 aromatic carbocycles. The van der Waals surface area contributed by atoms with E-state index in [1.54, 1.807) is 0 Å². The molecule has 2 aliphatic rings. The first-order valence-corrected chi connectivity index (χ1v) is 6.96. The average Bonchev–Trinajstić information content (AvgIpc) is 2.44. The number of fused-ring (bicyclic) bond motifs is 2. The summed E-state index contributed by atoms with van der Waals surface area (Å²) in [5.74, 6) is -0.609. The van der Waals surface area contributed by atoms with Crippen molar-refractivity contribution in [2.45, 2.75) is 42.9 Å². The van der Waals surface area contributed by atoms with Crippen LogP contribution in [0.3, 0.4) is 0 Å². The molecule has 5 atom stereocenters. The van der Waals surface area contributed by atoms with Crippen molar-refractivity contribution in [1.29, 1.82) is 0 Å². The van der Waals surface area contributed by atoms with Gasteiger partial charge in [-0.25, -0.2) is 0 Å². The van der Waals surface area contributed by atoms with Crippen molar-refractivity contribution in [2.75, 3.05) is 13.2 Å². The molecule has 1 aromatic rings. The van der Waals surface area contributed by atoms with Crippen LogP contribution in [0.2, 0.25) is 0 Å². The summed E-state index contributed by atoms with van der Waals surface area (Å²) in [7, 11) is 0. The Balaban J connectivity index is 1.96. The molecule has 20 heavy (non-hydrogen) atoms. The van der Waals surface area contributed by atoms with Crippen molar-refractivity contribution < 1.29 is 24.8 Å². The van der Waals surface area contributed by atoms with Gasteiger partial charge >= 0.3 is 0 Å². The first-order chi connectivity index (χ1) is 9.55. The van der Waals surface area contributed by atoms with Crippen LogP contribution in [0.15, 0.2) is 30.3 Å². The number of hydrogen-bond donors (Lipinski definition) is 3. The Hall–Kier alpha value is -0.980. The molecule has 0 spiro atoms. The molecule has 5 nitrogen and oxygen atoms in total. The van der Waals surface area contributed by atoms with Crippen LogP contribution in [0, 0.1) is 0 Å². The normalized spacial score (nSPS) is 43.1. The average molecular weight is 280 g/mol.